The van der Waals surface area contributed by atoms with Gasteiger partial charge in [0.1, 0.15) is 12.6 Å². The highest BCUT2D eigenvalue weighted by Gasteiger charge is 2.32. The molecule has 0 aliphatic rings. The van der Waals surface area contributed by atoms with Crippen LogP contribution in [0, 0.1) is 3.57 Å². The number of anilines is 1. The van der Waals surface area contributed by atoms with Crippen LogP contribution in [-0.2, 0) is 26.2 Å². The maximum atomic E-state index is 13.7. The second-order valence-electron chi connectivity index (χ2n) is 8.25. The summed E-state index contributed by atoms with van der Waals surface area (Å²) >= 11 is 14.5. The number of amides is 2. The molecule has 0 radical (unpaired) electrons. The number of hydrogen-bond acceptors (Lipinski definition) is 4. The number of benzene rings is 2. The van der Waals surface area contributed by atoms with Gasteiger partial charge in [-0.05, 0) is 84.3 Å². The lowest BCUT2D eigenvalue weighted by atomic mass is 10.1. The second-order valence-corrected chi connectivity index (χ2v) is 12.2. The minimum absolute atomic E-state index is 0.0194. The van der Waals surface area contributed by atoms with Crippen LogP contribution in [0.5, 0.6) is 0 Å². The molecule has 0 saturated heterocycles. The zero-order valence-corrected chi connectivity index (χ0v) is 24.6. The van der Waals surface area contributed by atoms with Crippen LogP contribution in [-0.4, -0.2) is 50.0 Å². The molecular weight excluding hydrogens is 624 g/mol. The van der Waals surface area contributed by atoms with Gasteiger partial charge in [0.15, 0.2) is 0 Å². The number of nitrogens with one attached hydrogen (secondary N) is 1. The second kappa shape index (κ2) is 13.1. The summed E-state index contributed by atoms with van der Waals surface area (Å²) in [5, 5.41) is 3.72. The fraction of sp³-hybridized carbons (Fsp3) is 0.417. The number of carbonyl (C=O) groups excluding carboxylic acids is 2. The van der Waals surface area contributed by atoms with E-state index in [-0.39, 0.29) is 18.5 Å². The molecular formula is C24H30Cl2IN3O4S. The molecule has 2 atom stereocenters. The molecule has 2 aromatic rings. The van der Waals surface area contributed by atoms with E-state index in [1.165, 1.54) is 4.90 Å². The number of carbonyl (C=O) groups is 2. The lowest BCUT2D eigenvalue weighted by Crippen LogP contribution is -2.53. The molecule has 0 heterocycles. The van der Waals surface area contributed by atoms with Crippen LogP contribution in [0.25, 0.3) is 0 Å². The average Bonchev–Trinajstić information content (AvgIpc) is 2.78. The van der Waals surface area contributed by atoms with Crippen molar-refractivity contribution >= 4 is 73.3 Å². The lowest BCUT2D eigenvalue weighted by Gasteiger charge is -2.33. The molecule has 11 heteroatoms. The van der Waals surface area contributed by atoms with Crippen molar-refractivity contribution in [2.24, 2.45) is 0 Å². The average molecular weight is 654 g/mol. The van der Waals surface area contributed by atoms with E-state index in [1.54, 1.807) is 49.4 Å². The van der Waals surface area contributed by atoms with Crippen molar-refractivity contribution in [1.82, 2.24) is 10.2 Å². The molecule has 0 spiro atoms. The fourth-order valence-corrected chi connectivity index (χ4v) is 5.09. The molecule has 7 nitrogen and oxygen atoms in total. The fourth-order valence-electron chi connectivity index (χ4n) is 3.42. The van der Waals surface area contributed by atoms with Crippen molar-refractivity contribution in [2.75, 3.05) is 17.1 Å². The molecule has 2 amide bonds. The van der Waals surface area contributed by atoms with Crippen LogP contribution >= 0.6 is 45.8 Å². The van der Waals surface area contributed by atoms with Crippen LogP contribution in [0.2, 0.25) is 10.0 Å². The third kappa shape index (κ3) is 8.51. The summed E-state index contributed by atoms with van der Waals surface area (Å²) < 4.78 is 27.2. The van der Waals surface area contributed by atoms with Crippen LogP contribution in [0.3, 0.4) is 0 Å². The Morgan fingerprint density at radius 1 is 1.06 bits per heavy atom. The van der Waals surface area contributed by atoms with E-state index in [0.717, 1.165) is 20.6 Å². The van der Waals surface area contributed by atoms with Gasteiger partial charge in [-0.25, -0.2) is 8.42 Å². The lowest BCUT2D eigenvalue weighted by molar-refractivity contribution is -0.140. The van der Waals surface area contributed by atoms with Gasteiger partial charge in [-0.1, -0.05) is 43.1 Å². The number of nitrogens with zero attached hydrogens (tertiary/aromatic N) is 2. The molecule has 2 aromatic carbocycles. The number of hydrogen-bond donors (Lipinski definition) is 1. The smallest absolute Gasteiger partial charge is 0.244 e. The summed E-state index contributed by atoms with van der Waals surface area (Å²) in [4.78, 5) is 28.2. The van der Waals surface area contributed by atoms with Crippen LogP contribution in [0.4, 0.5) is 5.69 Å². The summed E-state index contributed by atoms with van der Waals surface area (Å²) in [7, 11) is -3.78. The van der Waals surface area contributed by atoms with Crippen molar-refractivity contribution in [3.63, 3.8) is 0 Å². The highest BCUT2D eigenvalue weighted by Crippen LogP contribution is 2.25. The molecule has 1 N–H and O–H groups in total. The number of sulfonamides is 1. The monoisotopic (exact) mass is 653 g/mol. The molecule has 0 aromatic heterocycles. The Morgan fingerprint density at radius 3 is 2.20 bits per heavy atom. The summed E-state index contributed by atoms with van der Waals surface area (Å²) in [5.74, 6) is -0.827. The van der Waals surface area contributed by atoms with Crippen LogP contribution in [0.1, 0.15) is 39.2 Å². The number of halogens is 3. The zero-order chi connectivity index (χ0) is 26.3. The quantitative estimate of drug-likeness (QED) is 0.343. The van der Waals surface area contributed by atoms with E-state index in [9.17, 15) is 18.0 Å². The SMILES string of the molecule is CC[C@H](C)NC(=O)[C@H](CC)N(Cc1ccc(Cl)cc1Cl)C(=O)CN(c1ccc(I)cc1)S(C)(=O)=O. The van der Waals surface area contributed by atoms with Gasteiger partial charge in [-0.3, -0.25) is 13.9 Å². The standard InChI is InChI=1S/C24H30Cl2IN3O4S/c1-5-16(3)28-24(32)22(6-2)29(14-17-7-8-18(25)13-21(17)26)23(31)15-30(35(4,33)34)20-11-9-19(27)10-12-20/h7-13,16,22H,5-6,14-15H2,1-4H3,(H,28,32)/t16-,22-/m0/s1. The molecule has 0 bridgehead atoms. The summed E-state index contributed by atoms with van der Waals surface area (Å²) in [6.45, 7) is 5.20. The minimum Gasteiger partial charge on any atom is -0.352 e. The van der Waals surface area contributed by atoms with E-state index < -0.39 is 28.5 Å². The summed E-state index contributed by atoms with van der Waals surface area (Å²) in [6.07, 6.45) is 2.11. The van der Waals surface area contributed by atoms with Gasteiger partial charge in [-0.15, -0.1) is 0 Å². The first-order valence-corrected chi connectivity index (χ1v) is 14.8. The molecule has 0 fully saturated rings. The van der Waals surface area contributed by atoms with E-state index in [0.29, 0.717) is 27.7 Å². The normalized spacial score (nSPS) is 13.1. The largest absolute Gasteiger partial charge is 0.352 e. The van der Waals surface area contributed by atoms with Gasteiger partial charge in [-0.2, -0.15) is 0 Å². The molecule has 35 heavy (non-hydrogen) atoms. The molecule has 192 valence electrons. The maximum Gasteiger partial charge on any atom is 0.244 e. The van der Waals surface area contributed by atoms with Gasteiger partial charge in [0.05, 0.1) is 11.9 Å². The van der Waals surface area contributed by atoms with Crippen molar-refractivity contribution in [2.45, 2.75) is 52.2 Å². The molecule has 0 unspecified atom stereocenters. The van der Waals surface area contributed by atoms with E-state index in [4.69, 9.17) is 23.2 Å². The topological polar surface area (TPSA) is 86.8 Å². The first kappa shape index (κ1) is 29.7. The summed E-state index contributed by atoms with van der Waals surface area (Å²) in [5.41, 5.74) is 0.960. The van der Waals surface area contributed by atoms with Gasteiger partial charge in [0, 0.05) is 26.2 Å². The highest BCUT2D eigenvalue weighted by atomic mass is 127. The molecule has 0 saturated carbocycles. The maximum absolute atomic E-state index is 13.7. The molecule has 0 aliphatic carbocycles. The predicted molar refractivity (Wildman–Crippen MR) is 150 cm³/mol. The van der Waals surface area contributed by atoms with Crippen molar-refractivity contribution in [3.05, 3.63) is 61.6 Å². The van der Waals surface area contributed by atoms with Gasteiger partial charge >= 0.3 is 0 Å². The zero-order valence-electron chi connectivity index (χ0n) is 20.1. The van der Waals surface area contributed by atoms with Crippen LogP contribution in [0.15, 0.2) is 42.5 Å². The first-order valence-electron chi connectivity index (χ1n) is 11.1. The van der Waals surface area contributed by atoms with Gasteiger partial charge in [0.25, 0.3) is 0 Å². The Morgan fingerprint density at radius 2 is 1.69 bits per heavy atom. The summed E-state index contributed by atoms with van der Waals surface area (Å²) in [6, 6.07) is 10.8. The Bertz CT molecular complexity index is 1150. The first-order chi connectivity index (χ1) is 16.4. The predicted octanol–water partition coefficient (Wildman–Crippen LogP) is 5.09. The van der Waals surface area contributed by atoms with Crippen molar-refractivity contribution in [3.8, 4) is 0 Å². The Kier molecular flexibility index (Phi) is 11.1. The third-order valence-corrected chi connectivity index (χ3v) is 7.98. The number of rotatable bonds is 11. The Balaban J connectivity index is 2.46. The minimum atomic E-state index is -3.78. The highest BCUT2D eigenvalue weighted by molar-refractivity contribution is 14.1. The Labute approximate surface area is 231 Å². The Hall–Kier alpha value is -1.56. The third-order valence-electron chi connectivity index (χ3n) is 5.54. The van der Waals surface area contributed by atoms with E-state index in [2.05, 4.69) is 27.9 Å². The van der Waals surface area contributed by atoms with Crippen molar-refractivity contribution in [1.29, 1.82) is 0 Å². The van der Waals surface area contributed by atoms with E-state index in [1.807, 2.05) is 13.8 Å². The van der Waals surface area contributed by atoms with Gasteiger partial charge in [0.2, 0.25) is 21.8 Å². The van der Waals surface area contributed by atoms with E-state index >= 15 is 0 Å². The van der Waals surface area contributed by atoms with Crippen molar-refractivity contribution < 1.29 is 18.0 Å². The molecule has 2 rings (SSSR count). The molecule has 0 aliphatic heterocycles. The van der Waals surface area contributed by atoms with Crippen LogP contribution < -0.4 is 9.62 Å². The van der Waals surface area contributed by atoms with Gasteiger partial charge < -0.3 is 10.2 Å².